The highest BCUT2D eigenvalue weighted by atomic mass is 16.2. The van der Waals surface area contributed by atoms with E-state index < -0.39 is 0 Å². The van der Waals surface area contributed by atoms with Crippen LogP contribution in [0.1, 0.15) is 69.4 Å². The third-order valence-corrected chi connectivity index (χ3v) is 6.83. The zero-order chi connectivity index (χ0) is 18.1. The molecule has 0 atom stereocenters. The summed E-state index contributed by atoms with van der Waals surface area (Å²) in [5.41, 5.74) is 3.27. The molecule has 1 aromatic carbocycles. The lowest BCUT2D eigenvalue weighted by atomic mass is 9.67. The predicted octanol–water partition coefficient (Wildman–Crippen LogP) is 4.12. The van der Waals surface area contributed by atoms with Crippen molar-refractivity contribution in [3.8, 4) is 0 Å². The number of carbonyl (C=O) groups excluding carboxylic acids is 1. The zero-order valence-corrected chi connectivity index (χ0v) is 16.5. The fourth-order valence-corrected chi connectivity index (χ4v) is 5.41. The average molecular weight is 355 g/mol. The van der Waals surface area contributed by atoms with Gasteiger partial charge >= 0.3 is 0 Å². The molecule has 1 spiro atoms. The maximum absolute atomic E-state index is 12.8. The first-order valence-electron chi connectivity index (χ1n) is 10.7. The molecule has 0 bridgehead atoms. The Morgan fingerprint density at radius 1 is 1.27 bits per heavy atom. The van der Waals surface area contributed by atoms with Crippen LogP contribution in [0, 0.1) is 11.8 Å². The molecule has 142 valence electrons. The van der Waals surface area contributed by atoms with Crippen molar-refractivity contribution in [1.29, 1.82) is 0 Å². The third kappa shape index (κ3) is 3.69. The largest absolute Gasteiger partial charge is 0.342 e. The van der Waals surface area contributed by atoms with E-state index in [-0.39, 0.29) is 5.92 Å². The molecule has 1 N–H and O–H groups in total. The Morgan fingerprint density at radius 3 is 2.69 bits per heavy atom. The fourth-order valence-electron chi connectivity index (χ4n) is 5.41. The van der Waals surface area contributed by atoms with Crippen LogP contribution in [-0.4, -0.2) is 36.0 Å². The molecule has 0 unspecified atom stereocenters. The lowest BCUT2D eigenvalue weighted by Crippen LogP contribution is -2.56. The SMILES string of the molecule is CC(C)Cc1cccc(C2CCN(C(=O)C3CC4(CCCN4)C3)CC2)c1. The minimum Gasteiger partial charge on any atom is -0.342 e. The van der Waals surface area contributed by atoms with Gasteiger partial charge in [-0.15, -0.1) is 0 Å². The van der Waals surface area contributed by atoms with E-state index in [0.717, 1.165) is 51.7 Å². The van der Waals surface area contributed by atoms with Crippen LogP contribution in [0.15, 0.2) is 24.3 Å². The van der Waals surface area contributed by atoms with E-state index in [1.807, 2.05) is 0 Å². The van der Waals surface area contributed by atoms with Crippen molar-refractivity contribution in [1.82, 2.24) is 10.2 Å². The molecule has 2 heterocycles. The van der Waals surface area contributed by atoms with E-state index in [1.165, 1.54) is 24.0 Å². The van der Waals surface area contributed by atoms with Crippen molar-refractivity contribution in [3.05, 3.63) is 35.4 Å². The van der Waals surface area contributed by atoms with Crippen molar-refractivity contribution in [2.45, 2.75) is 70.3 Å². The van der Waals surface area contributed by atoms with Crippen molar-refractivity contribution in [3.63, 3.8) is 0 Å². The number of carbonyl (C=O) groups is 1. The molecule has 2 aliphatic heterocycles. The summed E-state index contributed by atoms with van der Waals surface area (Å²) >= 11 is 0. The molecule has 1 aliphatic carbocycles. The fraction of sp³-hybridized carbons (Fsp3) is 0.696. The standard InChI is InChI=1S/C23H34N2O/c1-17(2)13-18-5-3-6-20(14-18)19-7-11-25(12-8-19)22(26)21-15-23(16-21)9-4-10-24-23/h3,5-6,14,17,19,21,24H,4,7-13,15-16H2,1-2H3. The topological polar surface area (TPSA) is 32.3 Å². The van der Waals surface area contributed by atoms with Crippen LogP contribution in [0.2, 0.25) is 0 Å². The van der Waals surface area contributed by atoms with Gasteiger partial charge in [0.05, 0.1) is 0 Å². The van der Waals surface area contributed by atoms with Crippen molar-refractivity contribution in [2.75, 3.05) is 19.6 Å². The predicted molar refractivity (Wildman–Crippen MR) is 106 cm³/mol. The lowest BCUT2D eigenvalue weighted by Gasteiger charge is -2.47. The minimum absolute atomic E-state index is 0.284. The van der Waals surface area contributed by atoms with Gasteiger partial charge in [-0.25, -0.2) is 0 Å². The van der Waals surface area contributed by atoms with Gasteiger partial charge < -0.3 is 10.2 Å². The second-order valence-electron chi connectivity index (χ2n) is 9.36. The molecule has 1 saturated carbocycles. The monoisotopic (exact) mass is 354 g/mol. The Kier molecular flexibility index (Phi) is 5.09. The highest BCUT2D eigenvalue weighted by molar-refractivity contribution is 5.80. The molecule has 1 aromatic rings. The highest BCUT2D eigenvalue weighted by Crippen LogP contribution is 2.44. The van der Waals surface area contributed by atoms with E-state index in [0.29, 0.717) is 23.3 Å². The summed E-state index contributed by atoms with van der Waals surface area (Å²) in [7, 11) is 0. The number of hydrogen-bond acceptors (Lipinski definition) is 2. The van der Waals surface area contributed by atoms with Gasteiger partial charge in [0, 0.05) is 24.5 Å². The Balaban J connectivity index is 1.29. The quantitative estimate of drug-likeness (QED) is 0.882. The van der Waals surface area contributed by atoms with E-state index in [4.69, 9.17) is 0 Å². The van der Waals surface area contributed by atoms with E-state index in [9.17, 15) is 4.79 Å². The summed E-state index contributed by atoms with van der Waals surface area (Å²) in [6.07, 6.45) is 8.09. The summed E-state index contributed by atoms with van der Waals surface area (Å²) < 4.78 is 0. The molecule has 3 heteroatoms. The van der Waals surface area contributed by atoms with Crippen LogP contribution in [0.3, 0.4) is 0 Å². The van der Waals surface area contributed by atoms with Crippen molar-refractivity contribution in [2.24, 2.45) is 11.8 Å². The van der Waals surface area contributed by atoms with Gasteiger partial charge in [-0.05, 0) is 74.5 Å². The maximum atomic E-state index is 12.8. The summed E-state index contributed by atoms with van der Waals surface area (Å²) in [5, 5.41) is 3.63. The van der Waals surface area contributed by atoms with Crippen LogP contribution in [0.5, 0.6) is 0 Å². The zero-order valence-electron chi connectivity index (χ0n) is 16.5. The van der Waals surface area contributed by atoms with Gasteiger partial charge in [-0.1, -0.05) is 38.1 Å². The van der Waals surface area contributed by atoms with Crippen LogP contribution in [-0.2, 0) is 11.2 Å². The first kappa shape index (κ1) is 18.0. The number of benzene rings is 1. The van der Waals surface area contributed by atoms with Crippen molar-refractivity contribution < 1.29 is 4.79 Å². The molecular formula is C23H34N2O. The molecule has 3 nitrogen and oxygen atoms in total. The summed E-state index contributed by atoms with van der Waals surface area (Å²) in [5.74, 6) is 2.03. The Labute approximate surface area is 158 Å². The summed E-state index contributed by atoms with van der Waals surface area (Å²) in [4.78, 5) is 15.0. The van der Waals surface area contributed by atoms with Gasteiger partial charge in [0.25, 0.3) is 0 Å². The molecule has 26 heavy (non-hydrogen) atoms. The van der Waals surface area contributed by atoms with E-state index in [2.05, 4.69) is 48.3 Å². The van der Waals surface area contributed by atoms with Gasteiger partial charge in [0.1, 0.15) is 0 Å². The van der Waals surface area contributed by atoms with Crippen LogP contribution >= 0.6 is 0 Å². The number of piperidine rings is 1. The normalized spacial score (nSPS) is 29.3. The number of nitrogens with one attached hydrogen (secondary N) is 1. The molecule has 3 aliphatic rings. The highest BCUT2D eigenvalue weighted by Gasteiger charge is 2.49. The molecule has 3 fully saturated rings. The first-order chi connectivity index (χ1) is 12.5. The van der Waals surface area contributed by atoms with E-state index >= 15 is 0 Å². The second kappa shape index (κ2) is 7.34. The number of nitrogens with zero attached hydrogens (tertiary/aromatic N) is 1. The Bertz CT molecular complexity index is 631. The van der Waals surface area contributed by atoms with Crippen LogP contribution < -0.4 is 5.32 Å². The summed E-state index contributed by atoms with van der Waals surface area (Å²) in [6, 6.07) is 9.16. The molecule has 0 aromatic heterocycles. The van der Waals surface area contributed by atoms with Gasteiger partial charge in [0.2, 0.25) is 5.91 Å². The minimum atomic E-state index is 0.284. The van der Waals surface area contributed by atoms with Crippen LogP contribution in [0.25, 0.3) is 0 Å². The second-order valence-corrected chi connectivity index (χ2v) is 9.36. The number of likely N-dealkylation sites (tertiary alicyclic amines) is 1. The van der Waals surface area contributed by atoms with Gasteiger partial charge in [-0.2, -0.15) is 0 Å². The third-order valence-electron chi connectivity index (χ3n) is 6.83. The Morgan fingerprint density at radius 2 is 2.04 bits per heavy atom. The average Bonchev–Trinajstić information content (AvgIpc) is 3.10. The maximum Gasteiger partial charge on any atom is 0.225 e. The van der Waals surface area contributed by atoms with E-state index in [1.54, 1.807) is 0 Å². The Hall–Kier alpha value is -1.35. The molecule has 4 rings (SSSR count). The number of hydrogen-bond donors (Lipinski definition) is 1. The van der Waals surface area contributed by atoms with Gasteiger partial charge in [0.15, 0.2) is 0 Å². The molecule has 0 radical (unpaired) electrons. The molecule has 1 amide bonds. The lowest BCUT2D eigenvalue weighted by molar-refractivity contribution is -0.142. The first-order valence-corrected chi connectivity index (χ1v) is 10.7. The van der Waals surface area contributed by atoms with Crippen LogP contribution in [0.4, 0.5) is 0 Å². The number of rotatable bonds is 4. The smallest absolute Gasteiger partial charge is 0.225 e. The molecule has 2 saturated heterocycles. The van der Waals surface area contributed by atoms with Gasteiger partial charge in [-0.3, -0.25) is 4.79 Å². The number of amides is 1. The van der Waals surface area contributed by atoms with Crippen molar-refractivity contribution >= 4 is 5.91 Å². The summed E-state index contributed by atoms with van der Waals surface area (Å²) in [6.45, 7) is 7.58. The molecular weight excluding hydrogens is 320 g/mol.